The summed E-state index contributed by atoms with van der Waals surface area (Å²) in [7, 11) is 0. The van der Waals surface area contributed by atoms with Crippen LogP contribution in [0.3, 0.4) is 0 Å². The number of hydrogen-bond acceptors (Lipinski definition) is 3. The summed E-state index contributed by atoms with van der Waals surface area (Å²) in [6.07, 6.45) is -0.197. The summed E-state index contributed by atoms with van der Waals surface area (Å²) in [6, 6.07) is 7.52. The Morgan fingerprint density at radius 2 is 2.05 bits per heavy atom. The maximum absolute atomic E-state index is 12.2. The molecule has 0 aliphatic heterocycles. The Morgan fingerprint density at radius 3 is 2.62 bits per heavy atom. The molecule has 2 N–H and O–H groups in total. The van der Waals surface area contributed by atoms with Crippen LogP contribution in [-0.2, 0) is 4.79 Å². The van der Waals surface area contributed by atoms with E-state index in [-0.39, 0.29) is 17.0 Å². The number of thiophene rings is 1. The third-order valence-electron chi connectivity index (χ3n) is 2.75. The first-order valence-corrected chi connectivity index (χ1v) is 7.62. The molecule has 0 spiro atoms. The van der Waals surface area contributed by atoms with Gasteiger partial charge < -0.3 is 10.4 Å². The van der Waals surface area contributed by atoms with E-state index in [2.05, 4.69) is 5.32 Å². The van der Waals surface area contributed by atoms with Crippen LogP contribution in [0, 0.1) is 0 Å². The smallest absolute Gasteiger partial charge is 0.305 e. The van der Waals surface area contributed by atoms with Crippen LogP contribution in [0.5, 0.6) is 0 Å². The summed E-state index contributed by atoms with van der Waals surface area (Å²) in [5.74, 6) is -1.42. The Balaban J connectivity index is 2.20. The molecule has 1 aromatic heterocycles. The van der Waals surface area contributed by atoms with Crippen molar-refractivity contribution >= 4 is 46.4 Å². The normalized spacial score (nSPS) is 11.9. The molecule has 0 aliphatic rings. The molecule has 4 nitrogen and oxygen atoms in total. The van der Waals surface area contributed by atoms with Crippen LogP contribution in [0.2, 0.25) is 10.0 Å². The van der Waals surface area contributed by atoms with E-state index in [1.165, 1.54) is 23.5 Å². The van der Waals surface area contributed by atoms with Crippen molar-refractivity contribution in [2.45, 2.75) is 12.5 Å². The number of rotatable bonds is 5. The number of carboxylic acids is 1. The minimum absolute atomic E-state index is 0.197. The van der Waals surface area contributed by atoms with Gasteiger partial charge in [-0.05, 0) is 29.6 Å². The molecule has 2 rings (SSSR count). The highest BCUT2D eigenvalue weighted by atomic mass is 35.5. The van der Waals surface area contributed by atoms with Crippen LogP contribution in [0.4, 0.5) is 0 Å². The highest BCUT2D eigenvalue weighted by Crippen LogP contribution is 2.25. The van der Waals surface area contributed by atoms with Crippen LogP contribution in [0.25, 0.3) is 0 Å². The molecular formula is C14H11Cl2NO3S. The molecular weight excluding hydrogens is 333 g/mol. The maximum atomic E-state index is 12.2. The zero-order valence-corrected chi connectivity index (χ0v) is 13.0. The van der Waals surface area contributed by atoms with Gasteiger partial charge in [0.05, 0.1) is 23.0 Å². The standard InChI is InChI=1S/C14H11Cl2NO3S/c15-8-3-4-9(10(16)6-8)14(20)17-11(7-13(18)19)12-2-1-5-21-12/h1-6,11H,7H2,(H,17,20)(H,18,19)/t11-/m0/s1. The Labute approximate surface area is 135 Å². The summed E-state index contributed by atoms with van der Waals surface area (Å²) >= 11 is 13.1. The van der Waals surface area contributed by atoms with E-state index < -0.39 is 17.9 Å². The molecule has 0 saturated heterocycles. The van der Waals surface area contributed by atoms with Crippen LogP contribution in [-0.4, -0.2) is 17.0 Å². The minimum atomic E-state index is -0.990. The summed E-state index contributed by atoms with van der Waals surface area (Å²) < 4.78 is 0. The zero-order chi connectivity index (χ0) is 15.4. The minimum Gasteiger partial charge on any atom is -0.481 e. The van der Waals surface area contributed by atoms with Gasteiger partial charge in [-0.25, -0.2) is 0 Å². The van der Waals surface area contributed by atoms with E-state index in [9.17, 15) is 9.59 Å². The van der Waals surface area contributed by atoms with Crippen molar-refractivity contribution in [3.05, 3.63) is 56.2 Å². The van der Waals surface area contributed by atoms with Crippen molar-refractivity contribution in [1.82, 2.24) is 5.32 Å². The molecule has 1 heterocycles. The highest BCUT2D eigenvalue weighted by Gasteiger charge is 2.21. The molecule has 1 aromatic carbocycles. The number of amides is 1. The van der Waals surface area contributed by atoms with E-state index in [0.717, 1.165) is 4.88 Å². The van der Waals surface area contributed by atoms with Crippen molar-refractivity contribution < 1.29 is 14.7 Å². The zero-order valence-electron chi connectivity index (χ0n) is 10.7. The van der Waals surface area contributed by atoms with E-state index in [4.69, 9.17) is 28.3 Å². The van der Waals surface area contributed by atoms with Crippen molar-refractivity contribution in [2.24, 2.45) is 0 Å². The number of halogens is 2. The second kappa shape index (κ2) is 6.93. The number of carboxylic acid groups (broad SMARTS) is 1. The molecule has 0 unspecified atom stereocenters. The SMILES string of the molecule is O=C(O)C[C@H](NC(=O)c1ccc(Cl)cc1Cl)c1cccs1. The van der Waals surface area contributed by atoms with Gasteiger partial charge in [0.15, 0.2) is 0 Å². The van der Waals surface area contributed by atoms with Crippen molar-refractivity contribution in [2.75, 3.05) is 0 Å². The fraction of sp³-hybridized carbons (Fsp3) is 0.143. The van der Waals surface area contributed by atoms with E-state index in [1.54, 1.807) is 18.2 Å². The Hall–Kier alpha value is -1.56. The Kier molecular flexibility index (Phi) is 5.22. The van der Waals surface area contributed by atoms with Crippen LogP contribution in [0.1, 0.15) is 27.7 Å². The Morgan fingerprint density at radius 1 is 1.29 bits per heavy atom. The fourth-order valence-electron chi connectivity index (χ4n) is 1.80. The number of nitrogens with one attached hydrogen (secondary N) is 1. The molecule has 0 saturated carbocycles. The number of carbonyl (C=O) groups is 2. The largest absolute Gasteiger partial charge is 0.481 e. The van der Waals surface area contributed by atoms with Gasteiger partial charge >= 0.3 is 5.97 Å². The predicted molar refractivity (Wildman–Crippen MR) is 83.2 cm³/mol. The Bertz CT molecular complexity index is 658. The first-order valence-electron chi connectivity index (χ1n) is 5.98. The highest BCUT2D eigenvalue weighted by molar-refractivity contribution is 7.10. The third kappa shape index (κ3) is 4.20. The maximum Gasteiger partial charge on any atom is 0.305 e. The van der Waals surface area contributed by atoms with Crippen LogP contribution >= 0.6 is 34.5 Å². The number of hydrogen-bond donors (Lipinski definition) is 2. The third-order valence-corrected chi connectivity index (χ3v) is 4.28. The lowest BCUT2D eigenvalue weighted by Gasteiger charge is -2.16. The molecule has 0 radical (unpaired) electrons. The summed E-state index contributed by atoms with van der Waals surface area (Å²) in [5, 5.41) is 14.1. The van der Waals surface area contributed by atoms with Gasteiger partial charge in [0.25, 0.3) is 5.91 Å². The number of aliphatic carboxylic acids is 1. The molecule has 1 amide bonds. The lowest BCUT2D eigenvalue weighted by molar-refractivity contribution is -0.137. The molecule has 0 fully saturated rings. The van der Waals surface area contributed by atoms with Gasteiger partial charge in [-0.2, -0.15) is 0 Å². The summed E-state index contributed by atoms with van der Waals surface area (Å²) in [6.45, 7) is 0. The van der Waals surface area contributed by atoms with Gasteiger partial charge in [-0.1, -0.05) is 29.3 Å². The predicted octanol–water partition coefficient (Wildman–Crippen LogP) is 4.00. The number of benzene rings is 1. The van der Waals surface area contributed by atoms with Gasteiger partial charge in [0, 0.05) is 9.90 Å². The average molecular weight is 344 g/mol. The molecule has 110 valence electrons. The van der Waals surface area contributed by atoms with Crippen molar-refractivity contribution in [3.8, 4) is 0 Å². The lowest BCUT2D eigenvalue weighted by atomic mass is 10.1. The molecule has 0 aliphatic carbocycles. The molecule has 21 heavy (non-hydrogen) atoms. The molecule has 7 heteroatoms. The lowest BCUT2D eigenvalue weighted by Crippen LogP contribution is -2.29. The van der Waals surface area contributed by atoms with Crippen molar-refractivity contribution in [3.63, 3.8) is 0 Å². The van der Waals surface area contributed by atoms with Gasteiger partial charge in [-0.3, -0.25) is 9.59 Å². The molecule has 1 atom stereocenters. The van der Waals surface area contributed by atoms with Crippen LogP contribution in [0.15, 0.2) is 35.7 Å². The number of carbonyl (C=O) groups excluding carboxylic acids is 1. The van der Waals surface area contributed by atoms with Crippen LogP contribution < -0.4 is 5.32 Å². The second-order valence-corrected chi connectivity index (χ2v) is 6.09. The summed E-state index contributed by atoms with van der Waals surface area (Å²) in [5.41, 5.74) is 0.257. The first kappa shape index (κ1) is 15.8. The van der Waals surface area contributed by atoms with Gasteiger partial charge in [0.1, 0.15) is 0 Å². The van der Waals surface area contributed by atoms with E-state index in [1.807, 2.05) is 5.38 Å². The fourth-order valence-corrected chi connectivity index (χ4v) is 3.07. The van der Waals surface area contributed by atoms with Gasteiger partial charge in [-0.15, -0.1) is 11.3 Å². The average Bonchev–Trinajstić information content (AvgIpc) is 2.90. The van der Waals surface area contributed by atoms with E-state index >= 15 is 0 Å². The quantitative estimate of drug-likeness (QED) is 0.862. The molecule has 0 bridgehead atoms. The molecule has 2 aromatic rings. The second-order valence-electron chi connectivity index (χ2n) is 4.26. The monoisotopic (exact) mass is 343 g/mol. The van der Waals surface area contributed by atoms with Gasteiger partial charge in [0.2, 0.25) is 0 Å². The van der Waals surface area contributed by atoms with E-state index in [0.29, 0.717) is 5.02 Å². The van der Waals surface area contributed by atoms with Crippen molar-refractivity contribution in [1.29, 1.82) is 0 Å². The first-order chi connectivity index (χ1) is 9.97. The summed E-state index contributed by atoms with van der Waals surface area (Å²) in [4.78, 5) is 24.0. The topological polar surface area (TPSA) is 66.4 Å².